The van der Waals surface area contributed by atoms with Gasteiger partial charge in [0.05, 0.1) is 19.3 Å². The third-order valence-corrected chi connectivity index (χ3v) is 3.73. The van der Waals surface area contributed by atoms with Crippen LogP contribution in [0, 0.1) is 5.82 Å². The van der Waals surface area contributed by atoms with Crippen molar-refractivity contribution >= 4 is 0 Å². The number of hydrogen-bond acceptors (Lipinski definition) is 3. The van der Waals surface area contributed by atoms with Crippen molar-refractivity contribution in [2.24, 2.45) is 5.73 Å². The molecule has 0 bridgehead atoms. The van der Waals surface area contributed by atoms with Crippen LogP contribution in [-0.4, -0.2) is 14.2 Å². The summed E-state index contributed by atoms with van der Waals surface area (Å²) in [6.45, 7) is 0.193. The van der Waals surface area contributed by atoms with Gasteiger partial charge in [-0.3, -0.25) is 0 Å². The van der Waals surface area contributed by atoms with Crippen LogP contribution >= 0.6 is 0 Å². The van der Waals surface area contributed by atoms with Gasteiger partial charge >= 0.3 is 0 Å². The molecule has 2 rings (SSSR count). The maximum absolute atomic E-state index is 13.8. The number of benzene rings is 1. The lowest BCUT2D eigenvalue weighted by molar-refractivity contribution is 0.177. The first-order valence-corrected chi connectivity index (χ1v) is 6.26. The summed E-state index contributed by atoms with van der Waals surface area (Å²) >= 11 is 0. The summed E-state index contributed by atoms with van der Waals surface area (Å²) in [5.41, 5.74) is 7.39. The highest BCUT2D eigenvalue weighted by molar-refractivity contribution is 5.46. The lowest BCUT2D eigenvalue weighted by Gasteiger charge is -2.27. The van der Waals surface area contributed by atoms with E-state index in [0.29, 0.717) is 11.3 Å². The van der Waals surface area contributed by atoms with Crippen molar-refractivity contribution in [1.82, 2.24) is 0 Å². The second-order valence-corrected chi connectivity index (χ2v) is 4.90. The van der Waals surface area contributed by atoms with Crippen molar-refractivity contribution < 1.29 is 13.9 Å². The number of halogens is 1. The van der Waals surface area contributed by atoms with Crippen LogP contribution < -0.4 is 10.5 Å². The van der Waals surface area contributed by atoms with Gasteiger partial charge < -0.3 is 15.2 Å². The highest BCUT2D eigenvalue weighted by atomic mass is 19.1. The third-order valence-electron chi connectivity index (χ3n) is 3.73. The van der Waals surface area contributed by atoms with Gasteiger partial charge in [-0.05, 0) is 18.9 Å². The Bertz CT molecular complexity index is 428. The van der Waals surface area contributed by atoms with Gasteiger partial charge in [0.2, 0.25) is 0 Å². The summed E-state index contributed by atoms with van der Waals surface area (Å²) in [7, 11) is 3.09. The molecule has 0 spiro atoms. The average Bonchev–Trinajstić information content (AvgIpc) is 2.79. The molecule has 0 aliphatic heterocycles. The molecule has 4 heteroatoms. The second-order valence-electron chi connectivity index (χ2n) is 4.90. The zero-order valence-electron chi connectivity index (χ0n) is 11.0. The summed E-state index contributed by atoms with van der Waals surface area (Å²) in [6, 6.07) is 3.21. The lowest BCUT2D eigenvalue weighted by Crippen LogP contribution is -2.33. The summed E-state index contributed by atoms with van der Waals surface area (Å²) in [6.07, 6.45) is 4.05. The molecular formula is C14H20FNO2. The predicted molar refractivity (Wildman–Crippen MR) is 68.0 cm³/mol. The zero-order chi connectivity index (χ0) is 13.2. The van der Waals surface area contributed by atoms with Gasteiger partial charge in [-0.2, -0.15) is 0 Å². The Hall–Kier alpha value is -1.13. The minimum atomic E-state index is -0.387. The fraction of sp³-hybridized carbons (Fsp3) is 0.571. The molecule has 1 saturated carbocycles. The Balaban J connectivity index is 2.50. The maximum atomic E-state index is 13.8. The highest BCUT2D eigenvalue weighted by Gasteiger charge is 2.35. The molecule has 0 aromatic heterocycles. The Morgan fingerprint density at radius 2 is 1.94 bits per heavy atom. The Kier molecular flexibility index (Phi) is 3.88. The van der Waals surface area contributed by atoms with Gasteiger partial charge in [0.15, 0.2) is 0 Å². The Morgan fingerprint density at radius 1 is 1.28 bits per heavy atom. The molecule has 100 valence electrons. The maximum Gasteiger partial charge on any atom is 0.132 e. The lowest BCUT2D eigenvalue weighted by atomic mass is 9.87. The van der Waals surface area contributed by atoms with Gasteiger partial charge in [-0.15, -0.1) is 0 Å². The van der Waals surface area contributed by atoms with Crippen LogP contribution in [0.4, 0.5) is 4.39 Å². The molecule has 3 nitrogen and oxygen atoms in total. The summed E-state index contributed by atoms with van der Waals surface area (Å²) in [5, 5.41) is 0. The van der Waals surface area contributed by atoms with E-state index in [1.165, 1.54) is 6.07 Å². The van der Waals surface area contributed by atoms with Crippen LogP contribution in [0.15, 0.2) is 12.1 Å². The van der Waals surface area contributed by atoms with Gasteiger partial charge in [-0.25, -0.2) is 4.39 Å². The number of hydrogen-bond donors (Lipinski definition) is 1. The number of nitrogens with two attached hydrogens (primary N) is 1. The van der Waals surface area contributed by atoms with Crippen molar-refractivity contribution in [2.75, 3.05) is 14.2 Å². The van der Waals surface area contributed by atoms with Crippen LogP contribution in [0.5, 0.6) is 5.75 Å². The van der Waals surface area contributed by atoms with Crippen LogP contribution in [0.2, 0.25) is 0 Å². The van der Waals surface area contributed by atoms with Crippen molar-refractivity contribution in [1.29, 1.82) is 0 Å². The van der Waals surface area contributed by atoms with E-state index in [4.69, 9.17) is 15.2 Å². The molecule has 1 aliphatic carbocycles. The van der Waals surface area contributed by atoms with E-state index in [2.05, 4.69) is 0 Å². The first kappa shape index (κ1) is 13.3. The van der Waals surface area contributed by atoms with Crippen LogP contribution in [0.1, 0.15) is 36.8 Å². The molecule has 2 N–H and O–H groups in total. The summed E-state index contributed by atoms with van der Waals surface area (Å²) in [5.74, 6) is 0.236. The van der Waals surface area contributed by atoms with Gasteiger partial charge in [-0.1, -0.05) is 18.9 Å². The molecule has 0 heterocycles. The number of ether oxygens (including phenoxy) is 2. The molecule has 1 aliphatic rings. The van der Waals surface area contributed by atoms with Crippen molar-refractivity contribution in [2.45, 2.75) is 37.8 Å². The minimum Gasteiger partial charge on any atom is -0.496 e. The minimum absolute atomic E-state index is 0.193. The average molecular weight is 253 g/mol. The van der Waals surface area contributed by atoms with Crippen molar-refractivity contribution in [3.8, 4) is 5.75 Å². The van der Waals surface area contributed by atoms with E-state index in [0.717, 1.165) is 31.2 Å². The number of rotatable bonds is 4. The quantitative estimate of drug-likeness (QED) is 0.897. The van der Waals surface area contributed by atoms with Gasteiger partial charge in [0.1, 0.15) is 11.6 Å². The molecular weight excluding hydrogens is 233 g/mol. The molecule has 1 fully saturated rings. The van der Waals surface area contributed by atoms with Crippen LogP contribution in [0.3, 0.4) is 0 Å². The predicted octanol–water partition coefficient (Wildman–Crippen LogP) is 2.71. The fourth-order valence-corrected chi connectivity index (χ4v) is 2.78. The van der Waals surface area contributed by atoms with Crippen LogP contribution in [-0.2, 0) is 16.9 Å². The number of methoxy groups -OCH3 is 2. The monoisotopic (exact) mass is 253 g/mol. The van der Waals surface area contributed by atoms with E-state index in [-0.39, 0.29) is 18.0 Å². The molecule has 0 atom stereocenters. The van der Waals surface area contributed by atoms with Gasteiger partial charge in [0, 0.05) is 18.2 Å². The largest absolute Gasteiger partial charge is 0.496 e. The molecule has 18 heavy (non-hydrogen) atoms. The first-order chi connectivity index (χ1) is 8.62. The first-order valence-electron chi connectivity index (χ1n) is 6.26. The summed E-state index contributed by atoms with van der Waals surface area (Å²) < 4.78 is 24.2. The Labute approximate surface area is 107 Å². The molecule has 0 radical (unpaired) electrons. The normalized spacial score (nSPS) is 18.0. The van der Waals surface area contributed by atoms with Crippen molar-refractivity contribution in [3.05, 3.63) is 29.1 Å². The molecule has 0 saturated heterocycles. The van der Waals surface area contributed by atoms with Crippen molar-refractivity contribution in [3.63, 3.8) is 0 Å². The van der Waals surface area contributed by atoms with E-state index in [9.17, 15) is 4.39 Å². The Morgan fingerprint density at radius 3 is 2.50 bits per heavy atom. The zero-order valence-corrected chi connectivity index (χ0v) is 11.0. The second kappa shape index (κ2) is 5.24. The smallest absolute Gasteiger partial charge is 0.132 e. The molecule has 0 unspecified atom stereocenters. The van der Waals surface area contributed by atoms with Crippen LogP contribution in [0.25, 0.3) is 0 Å². The molecule has 1 aromatic rings. The van der Waals surface area contributed by atoms with E-state index in [1.807, 2.05) is 0 Å². The topological polar surface area (TPSA) is 44.5 Å². The summed E-state index contributed by atoms with van der Waals surface area (Å²) in [4.78, 5) is 0. The molecule has 1 aromatic carbocycles. The highest BCUT2D eigenvalue weighted by Crippen LogP contribution is 2.42. The third kappa shape index (κ3) is 2.22. The van der Waals surface area contributed by atoms with E-state index in [1.54, 1.807) is 20.3 Å². The SMILES string of the molecule is COCc1c(F)ccc(C2(N)CCCC2)c1OC. The van der Waals surface area contributed by atoms with Gasteiger partial charge in [0.25, 0.3) is 0 Å². The fourth-order valence-electron chi connectivity index (χ4n) is 2.78. The van der Waals surface area contributed by atoms with E-state index < -0.39 is 0 Å². The standard InChI is InChI=1S/C14H20FNO2/c1-17-9-10-12(15)6-5-11(13(10)18-2)14(16)7-3-4-8-14/h5-6H,3-4,7-9,16H2,1-2H3. The molecule has 0 amide bonds. The van der Waals surface area contributed by atoms with E-state index >= 15 is 0 Å².